The van der Waals surface area contributed by atoms with Crippen LogP contribution in [0, 0.1) is 0 Å². The topological polar surface area (TPSA) is 92.3 Å². The number of guanidine groups is 1. The zero-order valence-electron chi connectivity index (χ0n) is 16.0. The van der Waals surface area contributed by atoms with Crippen LogP contribution in [0.3, 0.4) is 0 Å². The van der Waals surface area contributed by atoms with Gasteiger partial charge in [-0.1, -0.05) is 0 Å². The Labute approximate surface area is 152 Å². The van der Waals surface area contributed by atoms with Gasteiger partial charge >= 0.3 is 0 Å². The predicted octanol–water partition coefficient (Wildman–Crippen LogP) is -0.286. The van der Waals surface area contributed by atoms with Gasteiger partial charge in [0.2, 0.25) is 0 Å². The van der Waals surface area contributed by atoms with Crippen molar-refractivity contribution >= 4 is 15.8 Å². The summed E-state index contributed by atoms with van der Waals surface area (Å²) >= 11 is 0. The molecule has 148 valence electrons. The monoisotopic (exact) mass is 378 g/mol. The highest BCUT2D eigenvalue weighted by Crippen LogP contribution is 2.16. The summed E-state index contributed by atoms with van der Waals surface area (Å²) in [5.41, 5.74) is -0.0296. The maximum absolute atomic E-state index is 11.0. The van der Waals surface area contributed by atoms with Crippen LogP contribution in [0.2, 0.25) is 0 Å². The molecule has 0 bridgehead atoms. The Morgan fingerprint density at radius 3 is 2.52 bits per heavy atom. The normalized spacial score (nSPS) is 17.5. The smallest absolute Gasteiger partial charge is 0.191 e. The second-order valence-corrected chi connectivity index (χ2v) is 9.04. The molecule has 0 aromatic carbocycles. The standard InChI is InChI=1S/C16H34N4O4S/c1-5-17-15(18-6-9-23-12-13-25(4,21)22)19-14-16(2,3)20-7-10-24-11-8-20/h5-14H2,1-4H3,(H2,17,18,19). The van der Waals surface area contributed by atoms with Gasteiger partial charge in [0.05, 0.1) is 38.7 Å². The Hall–Kier alpha value is -0.900. The van der Waals surface area contributed by atoms with E-state index in [1.165, 1.54) is 6.26 Å². The minimum Gasteiger partial charge on any atom is -0.379 e. The minimum absolute atomic E-state index is 0.0296. The number of aliphatic imine (C=N–C) groups is 1. The summed E-state index contributed by atoms with van der Waals surface area (Å²) < 4.78 is 32.8. The average molecular weight is 379 g/mol. The molecule has 0 unspecified atom stereocenters. The van der Waals surface area contributed by atoms with Gasteiger partial charge in [-0.15, -0.1) is 0 Å². The van der Waals surface area contributed by atoms with Gasteiger partial charge in [-0.3, -0.25) is 9.89 Å². The van der Waals surface area contributed by atoms with Crippen LogP contribution in [0.15, 0.2) is 4.99 Å². The SMILES string of the molecule is CCNC(=NCC(C)(C)N1CCOCC1)NCCOCCS(C)(=O)=O. The summed E-state index contributed by atoms with van der Waals surface area (Å²) in [7, 11) is -2.97. The lowest BCUT2D eigenvalue weighted by atomic mass is 10.0. The van der Waals surface area contributed by atoms with Crippen molar-refractivity contribution < 1.29 is 17.9 Å². The number of ether oxygens (including phenoxy) is 2. The lowest BCUT2D eigenvalue weighted by molar-refractivity contribution is -0.00684. The first-order valence-electron chi connectivity index (χ1n) is 8.85. The molecule has 0 saturated carbocycles. The van der Waals surface area contributed by atoms with Crippen molar-refractivity contribution in [2.45, 2.75) is 26.3 Å². The van der Waals surface area contributed by atoms with E-state index < -0.39 is 9.84 Å². The zero-order chi connectivity index (χ0) is 18.8. The molecule has 1 aliphatic heterocycles. The van der Waals surface area contributed by atoms with Gasteiger partial charge in [-0.05, 0) is 20.8 Å². The van der Waals surface area contributed by atoms with Crippen LogP contribution in [0.4, 0.5) is 0 Å². The third kappa shape index (κ3) is 9.98. The maximum Gasteiger partial charge on any atom is 0.191 e. The first kappa shape index (κ1) is 22.1. The van der Waals surface area contributed by atoms with Gasteiger partial charge in [-0.25, -0.2) is 8.42 Å². The van der Waals surface area contributed by atoms with E-state index in [0.29, 0.717) is 19.7 Å². The van der Waals surface area contributed by atoms with Crippen LogP contribution in [0.1, 0.15) is 20.8 Å². The molecule has 0 aromatic heterocycles. The molecule has 0 spiro atoms. The van der Waals surface area contributed by atoms with E-state index in [1.54, 1.807) is 0 Å². The molecule has 1 rings (SSSR count). The Bertz CT molecular complexity index is 502. The number of hydrogen-bond acceptors (Lipinski definition) is 6. The highest BCUT2D eigenvalue weighted by atomic mass is 32.2. The van der Waals surface area contributed by atoms with Crippen molar-refractivity contribution in [3.05, 3.63) is 0 Å². The van der Waals surface area contributed by atoms with E-state index in [9.17, 15) is 8.42 Å². The van der Waals surface area contributed by atoms with Crippen LogP contribution in [0.25, 0.3) is 0 Å². The van der Waals surface area contributed by atoms with E-state index >= 15 is 0 Å². The number of rotatable bonds is 10. The summed E-state index contributed by atoms with van der Waals surface area (Å²) in [4.78, 5) is 7.08. The predicted molar refractivity (Wildman–Crippen MR) is 101 cm³/mol. The number of nitrogens with zero attached hydrogens (tertiary/aromatic N) is 2. The molecule has 0 aromatic rings. The molecule has 0 amide bonds. The van der Waals surface area contributed by atoms with Crippen LogP contribution in [-0.2, 0) is 19.3 Å². The van der Waals surface area contributed by atoms with Crippen molar-refractivity contribution in [1.29, 1.82) is 0 Å². The highest BCUT2D eigenvalue weighted by molar-refractivity contribution is 7.90. The van der Waals surface area contributed by atoms with Crippen molar-refractivity contribution in [2.24, 2.45) is 4.99 Å². The first-order valence-corrected chi connectivity index (χ1v) is 10.9. The molecule has 1 saturated heterocycles. The fraction of sp³-hybridized carbons (Fsp3) is 0.938. The molecule has 1 heterocycles. The molecule has 8 nitrogen and oxygen atoms in total. The van der Waals surface area contributed by atoms with Crippen LogP contribution in [0.5, 0.6) is 0 Å². The first-order chi connectivity index (χ1) is 11.7. The Kier molecular flexibility index (Phi) is 9.70. The lowest BCUT2D eigenvalue weighted by Crippen LogP contribution is -2.52. The number of nitrogens with one attached hydrogen (secondary N) is 2. The summed E-state index contributed by atoms with van der Waals surface area (Å²) in [6.07, 6.45) is 1.21. The molecular weight excluding hydrogens is 344 g/mol. The summed E-state index contributed by atoms with van der Waals surface area (Å²) in [5, 5.41) is 6.43. The summed E-state index contributed by atoms with van der Waals surface area (Å²) in [6, 6.07) is 0. The Morgan fingerprint density at radius 1 is 1.24 bits per heavy atom. The van der Waals surface area contributed by atoms with Crippen molar-refractivity contribution in [3.8, 4) is 0 Å². The summed E-state index contributed by atoms with van der Waals surface area (Å²) in [5.74, 6) is 0.796. The molecular formula is C16H34N4O4S. The average Bonchev–Trinajstić information content (AvgIpc) is 2.55. The van der Waals surface area contributed by atoms with Gasteiger partial charge in [0, 0.05) is 38.0 Å². The van der Waals surface area contributed by atoms with E-state index in [2.05, 4.69) is 34.4 Å². The largest absolute Gasteiger partial charge is 0.379 e. The number of hydrogen-bond donors (Lipinski definition) is 2. The van der Waals surface area contributed by atoms with Crippen LogP contribution >= 0.6 is 0 Å². The van der Waals surface area contributed by atoms with E-state index in [4.69, 9.17) is 9.47 Å². The summed E-state index contributed by atoms with van der Waals surface area (Å²) in [6.45, 7) is 12.5. The quantitative estimate of drug-likeness (QED) is 0.307. The van der Waals surface area contributed by atoms with Crippen molar-refractivity contribution in [3.63, 3.8) is 0 Å². The molecule has 0 aliphatic carbocycles. The zero-order valence-corrected chi connectivity index (χ0v) is 16.8. The van der Waals surface area contributed by atoms with Gasteiger partial charge in [-0.2, -0.15) is 0 Å². The molecule has 2 N–H and O–H groups in total. The molecule has 0 radical (unpaired) electrons. The fourth-order valence-electron chi connectivity index (χ4n) is 2.44. The molecule has 25 heavy (non-hydrogen) atoms. The fourth-order valence-corrected chi connectivity index (χ4v) is 2.86. The van der Waals surface area contributed by atoms with Gasteiger partial charge < -0.3 is 20.1 Å². The van der Waals surface area contributed by atoms with Crippen LogP contribution < -0.4 is 10.6 Å². The molecule has 1 aliphatic rings. The van der Waals surface area contributed by atoms with Gasteiger partial charge in [0.25, 0.3) is 0 Å². The lowest BCUT2D eigenvalue weighted by Gasteiger charge is -2.39. The van der Waals surface area contributed by atoms with E-state index in [-0.39, 0.29) is 17.9 Å². The third-order valence-corrected chi connectivity index (χ3v) is 4.88. The minimum atomic E-state index is -2.97. The third-order valence-electron chi connectivity index (χ3n) is 3.97. The van der Waals surface area contributed by atoms with Crippen molar-refractivity contribution in [2.75, 3.05) is 71.2 Å². The number of morpholine rings is 1. The van der Waals surface area contributed by atoms with Crippen molar-refractivity contribution in [1.82, 2.24) is 15.5 Å². The maximum atomic E-state index is 11.0. The molecule has 1 fully saturated rings. The Balaban J connectivity index is 2.37. The second-order valence-electron chi connectivity index (χ2n) is 6.78. The molecule has 0 atom stereocenters. The molecule has 9 heteroatoms. The highest BCUT2D eigenvalue weighted by Gasteiger charge is 2.28. The van der Waals surface area contributed by atoms with Gasteiger partial charge in [0.1, 0.15) is 9.84 Å². The number of sulfone groups is 1. The van der Waals surface area contributed by atoms with E-state index in [1.807, 2.05) is 6.92 Å². The second kappa shape index (κ2) is 10.9. The Morgan fingerprint density at radius 2 is 1.92 bits per heavy atom. The van der Waals surface area contributed by atoms with Gasteiger partial charge in [0.15, 0.2) is 5.96 Å². The van der Waals surface area contributed by atoms with Crippen LogP contribution in [-0.4, -0.2) is 96.0 Å². The van der Waals surface area contributed by atoms with E-state index in [0.717, 1.165) is 38.8 Å².